The SMILES string of the molecule is [C-]#[N+]c1cccc(NO/C=N/OCc2ccc3c(N=Nc4ccc(C(=O)c5ccc(N=Nc6c(O)ccc7cc(C(=O)NC(=O)Nc8cccc(OC(F)(F)F)c8)ccc67)cc5)cc4)c(O)ccc3c2)c1. The van der Waals surface area contributed by atoms with Gasteiger partial charge in [0.15, 0.2) is 11.5 Å². The summed E-state index contributed by atoms with van der Waals surface area (Å²) in [5, 5.41) is 48.8. The molecule has 17 nitrogen and oxygen atoms in total. The number of nitrogens with one attached hydrogen (secondary N) is 3. The Kier molecular flexibility index (Phi) is 14.1. The molecule has 0 saturated heterocycles. The molecular formula is C51H34F3N9O8. The Morgan fingerprint density at radius 1 is 0.648 bits per heavy atom. The molecule has 8 aromatic rings. The molecule has 0 fully saturated rings. The van der Waals surface area contributed by atoms with Crippen molar-refractivity contribution in [2.24, 2.45) is 25.6 Å². The van der Waals surface area contributed by atoms with Crippen molar-refractivity contribution in [2.45, 2.75) is 13.0 Å². The first-order valence-electron chi connectivity index (χ1n) is 20.9. The lowest BCUT2D eigenvalue weighted by Crippen LogP contribution is -2.34. The number of fused-ring (bicyclic) bond motifs is 2. The van der Waals surface area contributed by atoms with E-state index in [0.29, 0.717) is 50.0 Å². The van der Waals surface area contributed by atoms with Crippen molar-refractivity contribution in [1.82, 2.24) is 5.32 Å². The Bertz CT molecular complexity index is 3450. The summed E-state index contributed by atoms with van der Waals surface area (Å²) in [7, 11) is 0. The van der Waals surface area contributed by atoms with Crippen LogP contribution in [0.5, 0.6) is 17.2 Å². The van der Waals surface area contributed by atoms with Gasteiger partial charge in [0.1, 0.15) is 35.2 Å². The Hall–Kier alpha value is -10.2. The average molecular weight is 958 g/mol. The van der Waals surface area contributed by atoms with E-state index in [2.05, 4.69) is 51.3 Å². The second kappa shape index (κ2) is 21.2. The zero-order chi connectivity index (χ0) is 49.9. The van der Waals surface area contributed by atoms with E-state index in [1.165, 1.54) is 48.5 Å². The highest BCUT2D eigenvalue weighted by atomic mass is 19.4. The summed E-state index contributed by atoms with van der Waals surface area (Å²) in [4.78, 5) is 52.6. The third kappa shape index (κ3) is 12.2. The maximum atomic E-state index is 13.4. The van der Waals surface area contributed by atoms with Gasteiger partial charge in [-0.25, -0.2) is 15.1 Å². The first kappa shape index (κ1) is 47.3. The number of phenols is 2. The van der Waals surface area contributed by atoms with Gasteiger partial charge in [0.25, 0.3) is 5.91 Å². The summed E-state index contributed by atoms with van der Waals surface area (Å²) in [5.74, 6) is -1.94. The third-order valence-corrected chi connectivity index (χ3v) is 10.2. The molecule has 0 unspecified atom stereocenters. The fourth-order valence-corrected chi connectivity index (χ4v) is 6.84. The van der Waals surface area contributed by atoms with Gasteiger partial charge in [-0.3, -0.25) is 14.9 Å². The monoisotopic (exact) mass is 957 g/mol. The molecule has 3 amide bonds. The van der Waals surface area contributed by atoms with Gasteiger partial charge in [-0.05, 0) is 119 Å². The first-order chi connectivity index (χ1) is 34.3. The fraction of sp³-hybridized carbons (Fsp3) is 0.0392. The second-order valence-electron chi connectivity index (χ2n) is 15.0. The molecule has 0 bridgehead atoms. The molecule has 0 radical (unpaired) electrons. The summed E-state index contributed by atoms with van der Waals surface area (Å²) in [6, 6.07) is 38.9. The summed E-state index contributed by atoms with van der Waals surface area (Å²) < 4.78 is 41.6. The van der Waals surface area contributed by atoms with E-state index >= 15 is 0 Å². The molecule has 0 atom stereocenters. The number of aromatic hydroxyl groups is 2. The highest BCUT2D eigenvalue weighted by Crippen LogP contribution is 2.38. The van der Waals surface area contributed by atoms with Crippen LogP contribution in [-0.2, 0) is 16.3 Å². The van der Waals surface area contributed by atoms with Crippen LogP contribution in [-0.4, -0.2) is 40.7 Å². The van der Waals surface area contributed by atoms with Gasteiger partial charge < -0.3 is 29.9 Å². The number of carbonyl (C=O) groups is 3. The van der Waals surface area contributed by atoms with Gasteiger partial charge >= 0.3 is 12.4 Å². The molecule has 71 heavy (non-hydrogen) atoms. The summed E-state index contributed by atoms with van der Waals surface area (Å²) in [6.07, 6.45) is -3.84. The van der Waals surface area contributed by atoms with Crippen molar-refractivity contribution < 1.29 is 52.2 Å². The van der Waals surface area contributed by atoms with Crippen LogP contribution < -0.4 is 20.9 Å². The smallest absolute Gasteiger partial charge is 0.506 e. The number of benzene rings is 8. The number of amides is 3. The summed E-state index contributed by atoms with van der Waals surface area (Å²) >= 11 is 0. The summed E-state index contributed by atoms with van der Waals surface area (Å²) in [5.41, 5.74) is 6.33. The van der Waals surface area contributed by atoms with E-state index in [1.807, 2.05) is 6.07 Å². The van der Waals surface area contributed by atoms with E-state index in [1.54, 1.807) is 91.0 Å². The molecule has 0 heterocycles. The maximum Gasteiger partial charge on any atom is 0.573 e. The predicted octanol–water partition coefficient (Wildman–Crippen LogP) is 13.4. The molecule has 20 heteroatoms. The lowest BCUT2D eigenvalue weighted by atomic mass is 10.0. The number of nitrogens with zero attached hydrogens (tertiary/aromatic N) is 6. The molecule has 352 valence electrons. The van der Waals surface area contributed by atoms with Gasteiger partial charge in [0.2, 0.25) is 6.40 Å². The molecule has 0 aliphatic heterocycles. The quantitative estimate of drug-likeness (QED) is 0.0164. The number of hydrogen-bond donors (Lipinski definition) is 5. The number of rotatable bonds is 15. The van der Waals surface area contributed by atoms with Crippen molar-refractivity contribution in [2.75, 3.05) is 10.8 Å². The number of alkyl halides is 3. The van der Waals surface area contributed by atoms with E-state index < -0.39 is 24.1 Å². The van der Waals surface area contributed by atoms with Crippen LogP contribution in [0.1, 0.15) is 31.8 Å². The zero-order valence-electron chi connectivity index (χ0n) is 36.5. The first-order valence-corrected chi connectivity index (χ1v) is 20.9. The van der Waals surface area contributed by atoms with Crippen LogP contribution in [0, 0.1) is 6.57 Å². The number of azo groups is 2. The minimum Gasteiger partial charge on any atom is -0.506 e. The topological polar surface area (TPSA) is 222 Å². The number of carbonyl (C=O) groups excluding carboxylic acids is 3. The van der Waals surface area contributed by atoms with Gasteiger partial charge in [0.05, 0.1) is 23.6 Å². The number of urea groups is 1. The largest absolute Gasteiger partial charge is 0.573 e. The average Bonchev–Trinajstić information content (AvgIpc) is 3.36. The highest BCUT2D eigenvalue weighted by molar-refractivity contribution is 6.10. The number of oxime groups is 1. The van der Waals surface area contributed by atoms with Crippen molar-refractivity contribution in [1.29, 1.82) is 0 Å². The number of ether oxygens (including phenoxy) is 1. The zero-order valence-corrected chi connectivity index (χ0v) is 36.5. The molecule has 0 aliphatic carbocycles. The van der Waals surface area contributed by atoms with Crippen molar-refractivity contribution in [3.05, 3.63) is 191 Å². The van der Waals surface area contributed by atoms with Crippen LogP contribution in [0.4, 0.5) is 57.8 Å². The number of phenolic OH excluding ortho intramolecular Hbond substituents is 2. The highest BCUT2D eigenvalue weighted by Gasteiger charge is 2.31. The van der Waals surface area contributed by atoms with Crippen LogP contribution in [0.25, 0.3) is 26.4 Å². The molecule has 8 aromatic carbocycles. The van der Waals surface area contributed by atoms with Crippen molar-refractivity contribution in [3.8, 4) is 17.2 Å². The van der Waals surface area contributed by atoms with Gasteiger partial charge in [-0.15, -0.1) is 23.4 Å². The third-order valence-electron chi connectivity index (χ3n) is 10.2. The standard InChI is InChI=1S/C51H34F3N9O8/c1-55-38-4-2-6-40(26-38)63-70-29-56-69-28-30-8-20-42-33(24-30)14-22-44(64)46(42)61-59-36-16-9-31(10-17-36)48(66)32-11-18-37(19-12-32)60-62-47-43-21-13-35(25-34(43)15-23-45(47)65)49(67)58-50(68)57-39-5-3-7-41(27-39)71-51(52,53)54/h2-27,29,63-65H,28H2,(H2,57,58,67,68)/b56-29+,61-59?,62-60?. The predicted molar refractivity (Wildman–Crippen MR) is 256 cm³/mol. The molecule has 8 rings (SSSR count). The second-order valence-corrected chi connectivity index (χ2v) is 15.0. The lowest BCUT2D eigenvalue weighted by molar-refractivity contribution is -0.274. The number of imide groups is 1. The van der Waals surface area contributed by atoms with Crippen LogP contribution in [0.15, 0.2) is 183 Å². The Morgan fingerprint density at radius 2 is 1.24 bits per heavy atom. The molecule has 0 saturated carbocycles. The molecular weight excluding hydrogens is 924 g/mol. The van der Waals surface area contributed by atoms with Gasteiger partial charge in [-0.2, -0.15) is 10.2 Å². The van der Waals surface area contributed by atoms with E-state index in [9.17, 15) is 37.8 Å². The normalized spacial score (nSPS) is 11.5. The van der Waals surface area contributed by atoms with Crippen LogP contribution in [0.2, 0.25) is 0 Å². The Labute approximate surface area is 399 Å². The Morgan fingerprint density at radius 3 is 1.87 bits per heavy atom. The lowest BCUT2D eigenvalue weighted by Gasteiger charge is -2.11. The number of ketones is 1. The van der Waals surface area contributed by atoms with Crippen LogP contribution >= 0.6 is 0 Å². The Balaban J connectivity index is 0.854. The van der Waals surface area contributed by atoms with Gasteiger partial charge in [-0.1, -0.05) is 53.7 Å². The number of hydrogen-bond acceptors (Lipinski definition) is 14. The minimum atomic E-state index is -4.93. The molecule has 5 N–H and O–H groups in total. The molecule has 0 aliphatic rings. The van der Waals surface area contributed by atoms with E-state index in [-0.39, 0.29) is 46.5 Å². The molecule has 0 aromatic heterocycles. The van der Waals surface area contributed by atoms with Crippen molar-refractivity contribution >= 4 is 85.5 Å². The maximum absolute atomic E-state index is 13.4. The minimum absolute atomic E-state index is 0.0525. The van der Waals surface area contributed by atoms with E-state index in [0.717, 1.165) is 29.5 Å². The fourth-order valence-electron chi connectivity index (χ4n) is 6.84. The number of halogens is 3. The van der Waals surface area contributed by atoms with Crippen LogP contribution in [0.3, 0.4) is 0 Å². The van der Waals surface area contributed by atoms with Crippen molar-refractivity contribution in [3.63, 3.8) is 0 Å². The summed E-state index contributed by atoms with van der Waals surface area (Å²) in [6.45, 7) is 7.22. The molecule has 0 spiro atoms. The van der Waals surface area contributed by atoms with E-state index in [4.69, 9.17) is 16.2 Å². The number of anilines is 2. The van der Waals surface area contributed by atoms with Gasteiger partial charge in [0, 0.05) is 39.2 Å².